The smallest absolute Gasteiger partial charge is 0.417 e. The molecule has 0 radical (unpaired) electrons. The molecule has 3 aromatic rings. The number of hydrogen-bond acceptors (Lipinski definition) is 7. The van der Waals surface area contributed by atoms with Crippen LogP contribution in [0.15, 0.2) is 53.5 Å². The zero-order valence-corrected chi connectivity index (χ0v) is 19.9. The molecule has 0 aliphatic carbocycles. The molecule has 0 spiro atoms. The molecule has 2 amide bonds. The van der Waals surface area contributed by atoms with Crippen LogP contribution in [0.4, 0.5) is 24.0 Å². The number of halogens is 4. The molecule has 3 rings (SSSR count). The molecule has 2 aromatic carbocycles. The fourth-order valence-electron chi connectivity index (χ4n) is 2.81. The average Bonchev–Trinajstić information content (AvgIpc) is 3.34. The quantitative estimate of drug-likeness (QED) is 0.295. The molecule has 0 fully saturated rings. The van der Waals surface area contributed by atoms with Gasteiger partial charge >= 0.3 is 6.18 Å². The van der Waals surface area contributed by atoms with E-state index in [4.69, 9.17) is 21.1 Å². The molecule has 8 nitrogen and oxygen atoms in total. The number of methoxy groups -OCH3 is 1. The lowest BCUT2D eigenvalue weighted by Gasteiger charge is -2.12. The van der Waals surface area contributed by atoms with Gasteiger partial charge in [-0.1, -0.05) is 17.7 Å². The third-order valence-corrected chi connectivity index (χ3v) is 5.45. The van der Waals surface area contributed by atoms with Crippen molar-refractivity contribution in [2.24, 2.45) is 0 Å². The number of hydrogen-bond donors (Lipinski definition) is 2. The van der Waals surface area contributed by atoms with Crippen LogP contribution in [0.1, 0.15) is 11.1 Å². The number of nitrogens with zero attached hydrogens (tertiary/aromatic N) is 2. The van der Waals surface area contributed by atoms with Crippen molar-refractivity contribution in [2.75, 3.05) is 24.4 Å². The van der Waals surface area contributed by atoms with Gasteiger partial charge in [0.25, 0.3) is 11.8 Å². The van der Waals surface area contributed by atoms with Crippen LogP contribution in [0, 0.1) is 11.3 Å². The summed E-state index contributed by atoms with van der Waals surface area (Å²) in [4.78, 5) is 28.4. The SMILES string of the molecule is COc1cc(C=C(C#N)C(=O)Nc2ccc(Cl)c(C(F)(F)F)c2)ccc1OCC(=O)Nc1nccs1. The highest BCUT2D eigenvalue weighted by atomic mass is 35.5. The number of carbonyl (C=O) groups is 2. The Morgan fingerprint density at radius 1 is 1.19 bits per heavy atom. The van der Waals surface area contributed by atoms with Crippen LogP contribution in [0.3, 0.4) is 0 Å². The van der Waals surface area contributed by atoms with Crippen molar-refractivity contribution in [1.29, 1.82) is 5.26 Å². The highest BCUT2D eigenvalue weighted by Gasteiger charge is 2.33. The number of rotatable bonds is 8. The number of anilines is 2. The second-order valence-corrected chi connectivity index (χ2v) is 8.20. The van der Waals surface area contributed by atoms with Gasteiger partial charge in [0.2, 0.25) is 0 Å². The molecule has 186 valence electrons. The summed E-state index contributed by atoms with van der Waals surface area (Å²) in [6.45, 7) is -0.321. The number of benzene rings is 2. The molecule has 0 saturated carbocycles. The average molecular weight is 537 g/mol. The van der Waals surface area contributed by atoms with Crippen LogP contribution in [0.2, 0.25) is 5.02 Å². The van der Waals surface area contributed by atoms with Crippen LogP contribution in [0.25, 0.3) is 6.08 Å². The number of amides is 2. The maximum absolute atomic E-state index is 13.1. The predicted octanol–water partition coefficient (Wildman–Crippen LogP) is 5.39. The zero-order valence-electron chi connectivity index (χ0n) is 18.4. The number of carbonyl (C=O) groups excluding carboxylic acids is 2. The Kier molecular flexibility index (Phi) is 8.52. The van der Waals surface area contributed by atoms with Gasteiger partial charge in [0.05, 0.1) is 17.7 Å². The molecule has 0 unspecified atom stereocenters. The van der Waals surface area contributed by atoms with E-state index in [1.54, 1.807) is 17.6 Å². The van der Waals surface area contributed by atoms with E-state index < -0.39 is 28.6 Å². The highest BCUT2D eigenvalue weighted by molar-refractivity contribution is 7.13. The molecule has 36 heavy (non-hydrogen) atoms. The Balaban J connectivity index is 1.72. The summed E-state index contributed by atoms with van der Waals surface area (Å²) in [5.41, 5.74) is -1.32. The van der Waals surface area contributed by atoms with Gasteiger partial charge in [-0.15, -0.1) is 11.3 Å². The number of nitrogens with one attached hydrogen (secondary N) is 2. The normalized spacial score (nSPS) is 11.4. The molecular formula is C23H16ClF3N4O4S. The van der Waals surface area contributed by atoms with Crippen molar-refractivity contribution >= 4 is 51.6 Å². The molecule has 2 N–H and O–H groups in total. The molecule has 0 atom stereocenters. The third kappa shape index (κ3) is 6.97. The van der Waals surface area contributed by atoms with Crippen molar-refractivity contribution in [3.63, 3.8) is 0 Å². The van der Waals surface area contributed by atoms with E-state index in [9.17, 15) is 28.0 Å². The number of thiazole rings is 1. The monoisotopic (exact) mass is 536 g/mol. The number of aromatic nitrogens is 1. The molecule has 1 aromatic heterocycles. The lowest BCUT2D eigenvalue weighted by atomic mass is 10.1. The molecule has 13 heteroatoms. The Labute approximate surface area is 211 Å². The number of alkyl halides is 3. The fourth-order valence-corrected chi connectivity index (χ4v) is 3.58. The van der Waals surface area contributed by atoms with Gasteiger partial charge in [-0.25, -0.2) is 4.98 Å². The Hall–Kier alpha value is -4.08. The van der Waals surface area contributed by atoms with E-state index in [0.717, 1.165) is 6.07 Å². The third-order valence-electron chi connectivity index (χ3n) is 4.43. The van der Waals surface area contributed by atoms with E-state index >= 15 is 0 Å². The van der Waals surface area contributed by atoms with Gasteiger partial charge in [-0.3, -0.25) is 14.9 Å². The molecule has 0 saturated heterocycles. The van der Waals surface area contributed by atoms with Crippen molar-refractivity contribution < 1.29 is 32.2 Å². The first-order valence-electron chi connectivity index (χ1n) is 9.90. The number of nitriles is 1. The van der Waals surface area contributed by atoms with Gasteiger partial charge in [0, 0.05) is 17.3 Å². The fraction of sp³-hybridized carbons (Fsp3) is 0.130. The van der Waals surface area contributed by atoms with Crippen molar-refractivity contribution in [3.05, 3.63) is 69.7 Å². The van der Waals surface area contributed by atoms with Gasteiger partial charge in [0.15, 0.2) is 23.2 Å². The summed E-state index contributed by atoms with van der Waals surface area (Å²) >= 11 is 6.83. The summed E-state index contributed by atoms with van der Waals surface area (Å²) in [5.74, 6) is -0.912. The summed E-state index contributed by atoms with van der Waals surface area (Å²) in [7, 11) is 1.36. The largest absolute Gasteiger partial charge is 0.493 e. The van der Waals surface area contributed by atoms with Gasteiger partial charge in [0.1, 0.15) is 11.6 Å². The van der Waals surface area contributed by atoms with E-state index in [1.165, 1.54) is 48.8 Å². The summed E-state index contributed by atoms with van der Waals surface area (Å²) in [6, 6.07) is 9.01. The lowest BCUT2D eigenvalue weighted by molar-refractivity contribution is -0.137. The minimum atomic E-state index is -4.71. The first-order valence-corrected chi connectivity index (χ1v) is 11.2. The van der Waals surface area contributed by atoms with Gasteiger partial charge in [-0.2, -0.15) is 18.4 Å². The Morgan fingerprint density at radius 2 is 1.97 bits per heavy atom. The second-order valence-electron chi connectivity index (χ2n) is 6.90. The van der Waals surface area contributed by atoms with Gasteiger partial charge < -0.3 is 14.8 Å². The first-order chi connectivity index (χ1) is 17.1. The van der Waals surface area contributed by atoms with E-state index in [-0.39, 0.29) is 29.4 Å². The minimum absolute atomic E-state index is 0.185. The molecule has 0 bridgehead atoms. The minimum Gasteiger partial charge on any atom is -0.493 e. The second kappa shape index (κ2) is 11.6. The van der Waals surface area contributed by atoms with Crippen molar-refractivity contribution in [2.45, 2.75) is 6.18 Å². The molecule has 0 aliphatic heterocycles. The molecular weight excluding hydrogens is 521 g/mol. The zero-order chi connectivity index (χ0) is 26.3. The summed E-state index contributed by atoms with van der Waals surface area (Å²) < 4.78 is 49.9. The highest BCUT2D eigenvalue weighted by Crippen LogP contribution is 2.36. The molecule has 1 heterocycles. The standard InChI is InChI=1S/C23H16ClF3N4O4S/c1-34-19-9-13(2-5-18(19)35-12-20(32)31-22-29-6-7-36-22)8-14(11-28)21(33)30-15-3-4-17(24)16(10-15)23(25,26)27/h2-10H,12H2,1H3,(H,30,33)(H,29,31,32). The topological polar surface area (TPSA) is 113 Å². The van der Waals surface area contributed by atoms with Gasteiger partial charge in [-0.05, 0) is 42.0 Å². The summed E-state index contributed by atoms with van der Waals surface area (Å²) in [5, 5.41) is 15.8. The maximum Gasteiger partial charge on any atom is 0.417 e. The van der Waals surface area contributed by atoms with E-state index in [0.29, 0.717) is 16.8 Å². The number of ether oxygens (including phenoxy) is 2. The maximum atomic E-state index is 13.1. The molecule has 0 aliphatic rings. The first kappa shape index (κ1) is 26.5. The Bertz CT molecular complexity index is 1340. The van der Waals surface area contributed by atoms with Crippen LogP contribution in [-0.2, 0) is 15.8 Å². The van der Waals surface area contributed by atoms with E-state index in [2.05, 4.69) is 15.6 Å². The van der Waals surface area contributed by atoms with Crippen LogP contribution < -0.4 is 20.1 Å². The van der Waals surface area contributed by atoms with Crippen LogP contribution in [0.5, 0.6) is 11.5 Å². The predicted molar refractivity (Wildman–Crippen MR) is 128 cm³/mol. The lowest BCUT2D eigenvalue weighted by Crippen LogP contribution is -2.20. The van der Waals surface area contributed by atoms with E-state index in [1.807, 2.05) is 0 Å². The van der Waals surface area contributed by atoms with Crippen molar-refractivity contribution in [3.8, 4) is 17.6 Å². The van der Waals surface area contributed by atoms with Crippen LogP contribution >= 0.6 is 22.9 Å². The Morgan fingerprint density at radius 3 is 2.61 bits per heavy atom. The van der Waals surface area contributed by atoms with Crippen molar-refractivity contribution in [1.82, 2.24) is 4.98 Å². The summed E-state index contributed by atoms with van der Waals surface area (Å²) in [6.07, 6.45) is -1.95. The van der Waals surface area contributed by atoms with Crippen LogP contribution in [-0.4, -0.2) is 30.5 Å².